The van der Waals surface area contributed by atoms with Gasteiger partial charge in [0.2, 0.25) is 5.91 Å². The van der Waals surface area contributed by atoms with Gasteiger partial charge in [0.15, 0.2) is 6.10 Å². The van der Waals surface area contributed by atoms with Crippen molar-refractivity contribution in [3.05, 3.63) is 48.0 Å². The van der Waals surface area contributed by atoms with Crippen molar-refractivity contribution >= 4 is 22.6 Å². The van der Waals surface area contributed by atoms with Gasteiger partial charge in [-0.05, 0) is 22.8 Å². The van der Waals surface area contributed by atoms with Gasteiger partial charge in [-0.15, -0.1) is 0 Å². The lowest BCUT2D eigenvalue weighted by atomic mass is 10.0. The maximum Gasteiger partial charge on any atom is 0.334 e. The number of rotatable bonds is 4. The van der Waals surface area contributed by atoms with E-state index in [1.54, 1.807) is 4.90 Å². The van der Waals surface area contributed by atoms with Crippen LogP contribution in [0.5, 0.6) is 0 Å². The fraction of sp³-hybridized carbons (Fsp3) is 0.333. The lowest BCUT2D eigenvalue weighted by Gasteiger charge is -2.31. The summed E-state index contributed by atoms with van der Waals surface area (Å²) in [5.74, 6) is -1.04. The minimum absolute atomic E-state index is 0.0206. The molecular formula is C18H19NO4. The van der Waals surface area contributed by atoms with Crippen LogP contribution in [0.15, 0.2) is 42.5 Å². The number of hydrogen-bond acceptors (Lipinski definition) is 3. The molecule has 1 aliphatic rings. The quantitative estimate of drug-likeness (QED) is 0.938. The van der Waals surface area contributed by atoms with E-state index in [-0.39, 0.29) is 19.1 Å². The van der Waals surface area contributed by atoms with Crippen LogP contribution < -0.4 is 0 Å². The first-order chi connectivity index (χ1) is 11.1. The third kappa shape index (κ3) is 3.68. The average molecular weight is 313 g/mol. The molecule has 0 aliphatic carbocycles. The van der Waals surface area contributed by atoms with Crippen LogP contribution in [0, 0.1) is 0 Å². The molecule has 1 saturated heterocycles. The number of morpholine rings is 1. The van der Waals surface area contributed by atoms with E-state index in [1.807, 2.05) is 18.2 Å². The third-order valence-corrected chi connectivity index (χ3v) is 4.14. The van der Waals surface area contributed by atoms with Crippen LogP contribution >= 0.6 is 0 Å². The number of hydrogen-bond donors (Lipinski definition) is 1. The van der Waals surface area contributed by atoms with Crippen molar-refractivity contribution in [2.24, 2.45) is 0 Å². The number of carboxylic acid groups (broad SMARTS) is 1. The number of aryl methyl sites for hydroxylation is 1. The molecule has 120 valence electrons. The van der Waals surface area contributed by atoms with E-state index in [2.05, 4.69) is 24.3 Å². The number of aliphatic carboxylic acids is 1. The Morgan fingerprint density at radius 1 is 1.17 bits per heavy atom. The van der Waals surface area contributed by atoms with Crippen molar-refractivity contribution in [2.75, 3.05) is 19.7 Å². The van der Waals surface area contributed by atoms with Crippen molar-refractivity contribution < 1.29 is 19.4 Å². The van der Waals surface area contributed by atoms with Gasteiger partial charge in [0.1, 0.15) is 0 Å². The molecule has 1 heterocycles. The van der Waals surface area contributed by atoms with E-state index in [4.69, 9.17) is 9.84 Å². The molecule has 0 aromatic heterocycles. The standard InChI is InChI=1S/C18H19NO4/c20-17(19-9-10-23-16(12-19)18(21)22)8-6-13-5-7-14-3-1-2-4-15(14)11-13/h1-5,7,11,16H,6,8-10,12H2,(H,21,22). The van der Waals surface area contributed by atoms with Crippen LogP contribution in [0.25, 0.3) is 10.8 Å². The van der Waals surface area contributed by atoms with Gasteiger partial charge in [-0.1, -0.05) is 42.5 Å². The van der Waals surface area contributed by atoms with Gasteiger partial charge in [-0.3, -0.25) is 4.79 Å². The second-order valence-corrected chi connectivity index (χ2v) is 5.72. The van der Waals surface area contributed by atoms with Crippen LogP contribution in [0.3, 0.4) is 0 Å². The van der Waals surface area contributed by atoms with Crippen LogP contribution in [-0.2, 0) is 20.7 Å². The first kappa shape index (κ1) is 15.5. The molecule has 1 atom stereocenters. The predicted octanol–water partition coefficient (Wildman–Crippen LogP) is 2.08. The fourth-order valence-corrected chi connectivity index (χ4v) is 2.83. The number of amides is 1. The molecule has 0 spiro atoms. The van der Waals surface area contributed by atoms with Crippen LogP contribution in [0.4, 0.5) is 0 Å². The number of fused-ring (bicyclic) bond motifs is 1. The second kappa shape index (κ2) is 6.79. The molecule has 1 fully saturated rings. The number of ether oxygens (including phenoxy) is 1. The number of carboxylic acids is 1. The van der Waals surface area contributed by atoms with E-state index in [9.17, 15) is 9.59 Å². The highest BCUT2D eigenvalue weighted by Gasteiger charge is 2.28. The van der Waals surface area contributed by atoms with Gasteiger partial charge in [-0.2, -0.15) is 0 Å². The number of nitrogens with zero attached hydrogens (tertiary/aromatic N) is 1. The van der Waals surface area contributed by atoms with Gasteiger partial charge in [-0.25, -0.2) is 4.79 Å². The topological polar surface area (TPSA) is 66.8 Å². The van der Waals surface area contributed by atoms with E-state index < -0.39 is 12.1 Å². The molecule has 1 aliphatic heterocycles. The van der Waals surface area contributed by atoms with Gasteiger partial charge >= 0.3 is 5.97 Å². The molecule has 23 heavy (non-hydrogen) atoms. The largest absolute Gasteiger partial charge is 0.479 e. The third-order valence-electron chi connectivity index (χ3n) is 4.14. The van der Waals surface area contributed by atoms with Gasteiger partial charge < -0.3 is 14.7 Å². The first-order valence-electron chi connectivity index (χ1n) is 7.73. The molecule has 1 N–H and O–H groups in total. The highest BCUT2D eigenvalue weighted by Crippen LogP contribution is 2.17. The van der Waals surface area contributed by atoms with Crippen molar-refractivity contribution in [1.82, 2.24) is 4.90 Å². The van der Waals surface area contributed by atoms with Crippen LogP contribution in [0.2, 0.25) is 0 Å². The predicted molar refractivity (Wildman–Crippen MR) is 86.2 cm³/mol. The Morgan fingerprint density at radius 2 is 1.96 bits per heavy atom. The van der Waals surface area contributed by atoms with E-state index in [0.29, 0.717) is 19.4 Å². The molecule has 2 aromatic carbocycles. The molecule has 2 aromatic rings. The summed E-state index contributed by atoms with van der Waals surface area (Å²) in [6.07, 6.45) is 0.122. The van der Waals surface area contributed by atoms with Crippen LogP contribution in [-0.4, -0.2) is 47.7 Å². The number of benzene rings is 2. The lowest BCUT2D eigenvalue weighted by molar-refractivity contribution is -0.159. The fourth-order valence-electron chi connectivity index (χ4n) is 2.83. The zero-order valence-corrected chi connectivity index (χ0v) is 12.8. The maximum absolute atomic E-state index is 12.3. The van der Waals surface area contributed by atoms with E-state index >= 15 is 0 Å². The van der Waals surface area contributed by atoms with Crippen molar-refractivity contribution in [2.45, 2.75) is 18.9 Å². The zero-order chi connectivity index (χ0) is 16.2. The van der Waals surface area contributed by atoms with Crippen molar-refractivity contribution in [3.63, 3.8) is 0 Å². The Bertz CT molecular complexity index is 728. The summed E-state index contributed by atoms with van der Waals surface area (Å²) in [5, 5.41) is 11.3. The average Bonchev–Trinajstić information content (AvgIpc) is 2.59. The van der Waals surface area contributed by atoms with E-state index in [1.165, 1.54) is 5.39 Å². The minimum Gasteiger partial charge on any atom is -0.479 e. The molecular weight excluding hydrogens is 294 g/mol. The van der Waals surface area contributed by atoms with Crippen molar-refractivity contribution in [3.8, 4) is 0 Å². The second-order valence-electron chi connectivity index (χ2n) is 5.72. The highest BCUT2D eigenvalue weighted by atomic mass is 16.5. The van der Waals surface area contributed by atoms with Gasteiger partial charge in [0, 0.05) is 13.0 Å². The molecule has 1 unspecified atom stereocenters. The Hall–Kier alpha value is -2.40. The summed E-state index contributed by atoms with van der Waals surface area (Å²) in [6, 6.07) is 14.3. The Kier molecular flexibility index (Phi) is 4.57. The summed E-state index contributed by atoms with van der Waals surface area (Å²) in [6.45, 7) is 0.866. The van der Waals surface area contributed by atoms with Gasteiger partial charge in [0.25, 0.3) is 0 Å². The summed E-state index contributed by atoms with van der Waals surface area (Å²) < 4.78 is 5.14. The molecule has 0 radical (unpaired) electrons. The smallest absolute Gasteiger partial charge is 0.334 e. The molecule has 3 rings (SSSR count). The molecule has 0 bridgehead atoms. The van der Waals surface area contributed by atoms with E-state index in [0.717, 1.165) is 10.9 Å². The highest BCUT2D eigenvalue weighted by molar-refractivity contribution is 5.83. The van der Waals surface area contributed by atoms with Gasteiger partial charge in [0.05, 0.1) is 13.2 Å². The lowest BCUT2D eigenvalue weighted by Crippen LogP contribution is -2.48. The summed E-state index contributed by atoms with van der Waals surface area (Å²) in [5.41, 5.74) is 1.11. The summed E-state index contributed by atoms with van der Waals surface area (Å²) >= 11 is 0. The van der Waals surface area contributed by atoms with Crippen LogP contribution in [0.1, 0.15) is 12.0 Å². The zero-order valence-electron chi connectivity index (χ0n) is 12.8. The molecule has 1 amide bonds. The molecule has 5 heteroatoms. The minimum atomic E-state index is -1.02. The molecule has 5 nitrogen and oxygen atoms in total. The number of carbonyl (C=O) groups excluding carboxylic acids is 1. The maximum atomic E-state index is 12.3. The SMILES string of the molecule is O=C(O)C1CN(C(=O)CCc2ccc3ccccc3c2)CCO1. The monoisotopic (exact) mass is 313 g/mol. The van der Waals surface area contributed by atoms with Crippen molar-refractivity contribution in [1.29, 1.82) is 0 Å². The first-order valence-corrected chi connectivity index (χ1v) is 7.73. The Morgan fingerprint density at radius 3 is 2.74 bits per heavy atom. The Balaban J connectivity index is 1.60. The normalized spacial score (nSPS) is 18.1. The number of carbonyl (C=O) groups is 2. The molecule has 0 saturated carbocycles. The summed E-state index contributed by atoms with van der Waals surface area (Å²) in [7, 11) is 0. The Labute approximate surface area is 134 Å². The summed E-state index contributed by atoms with van der Waals surface area (Å²) in [4.78, 5) is 24.8.